The molecule has 2 aromatic carbocycles. The summed E-state index contributed by atoms with van der Waals surface area (Å²) in [7, 11) is 0. The van der Waals surface area contributed by atoms with E-state index < -0.39 is 0 Å². The molecule has 0 bridgehead atoms. The standard InChI is InChI=1S/C26H29ClN6O/c1-4-31(5-2)25(34)18-9-8-14-32(16-18)26-28-22-13-12-17(3)15-20(22)24-30-29-23(33(24)26)19-10-6-7-11-21(19)27/h6-7,10-13,15,18H,4-5,8-9,14,16H2,1-3H3. The van der Waals surface area contributed by atoms with Crippen molar-refractivity contribution in [1.82, 2.24) is 24.5 Å². The lowest BCUT2D eigenvalue weighted by Crippen LogP contribution is -2.45. The lowest BCUT2D eigenvalue weighted by Gasteiger charge is -2.35. The van der Waals surface area contributed by atoms with Gasteiger partial charge in [0.2, 0.25) is 11.9 Å². The van der Waals surface area contributed by atoms with Gasteiger partial charge in [-0.05, 0) is 57.9 Å². The second-order valence-electron chi connectivity index (χ2n) is 8.89. The van der Waals surface area contributed by atoms with Crippen molar-refractivity contribution >= 4 is 40.0 Å². The lowest BCUT2D eigenvalue weighted by molar-refractivity contribution is -0.135. The summed E-state index contributed by atoms with van der Waals surface area (Å²) in [4.78, 5) is 22.4. The van der Waals surface area contributed by atoms with Crippen molar-refractivity contribution in [3.05, 3.63) is 53.1 Å². The molecule has 2 aromatic heterocycles. The first kappa shape index (κ1) is 22.6. The maximum atomic E-state index is 13.2. The van der Waals surface area contributed by atoms with E-state index in [1.165, 1.54) is 0 Å². The third-order valence-corrected chi connectivity index (χ3v) is 7.05. The number of benzene rings is 2. The number of rotatable bonds is 5. The molecule has 1 unspecified atom stereocenters. The van der Waals surface area contributed by atoms with E-state index in [0.717, 1.165) is 66.1 Å². The molecular formula is C26H29ClN6O. The van der Waals surface area contributed by atoms with E-state index in [1.54, 1.807) is 0 Å². The first-order chi connectivity index (χ1) is 16.5. The Morgan fingerprint density at radius 1 is 1.15 bits per heavy atom. The van der Waals surface area contributed by atoms with E-state index >= 15 is 0 Å². The van der Waals surface area contributed by atoms with Gasteiger partial charge < -0.3 is 9.80 Å². The Balaban J connectivity index is 1.68. The summed E-state index contributed by atoms with van der Waals surface area (Å²) in [5.74, 6) is 1.57. The van der Waals surface area contributed by atoms with Gasteiger partial charge in [-0.3, -0.25) is 4.79 Å². The third kappa shape index (κ3) is 3.88. The zero-order valence-electron chi connectivity index (χ0n) is 19.8. The molecule has 7 nitrogen and oxygen atoms in total. The fourth-order valence-corrected chi connectivity index (χ4v) is 5.14. The smallest absolute Gasteiger partial charge is 0.227 e. The molecule has 1 fully saturated rings. The highest BCUT2D eigenvalue weighted by atomic mass is 35.5. The maximum Gasteiger partial charge on any atom is 0.227 e. The molecule has 1 amide bonds. The zero-order chi connectivity index (χ0) is 23.8. The predicted octanol–water partition coefficient (Wildman–Crippen LogP) is 4.99. The third-order valence-electron chi connectivity index (χ3n) is 6.72. The van der Waals surface area contributed by atoms with Crippen LogP contribution >= 0.6 is 11.6 Å². The molecule has 4 aromatic rings. The predicted molar refractivity (Wildman–Crippen MR) is 136 cm³/mol. The van der Waals surface area contributed by atoms with Crippen LogP contribution in [0, 0.1) is 12.8 Å². The topological polar surface area (TPSA) is 66.6 Å². The van der Waals surface area contributed by atoms with Gasteiger partial charge in [-0.1, -0.05) is 35.4 Å². The largest absolute Gasteiger partial charge is 0.343 e. The SMILES string of the molecule is CCN(CC)C(=O)C1CCCN(c2nc3ccc(C)cc3c3nnc(-c4ccccc4Cl)n23)C1. The highest BCUT2D eigenvalue weighted by Gasteiger charge is 2.31. The summed E-state index contributed by atoms with van der Waals surface area (Å²) in [6, 6.07) is 13.8. The van der Waals surface area contributed by atoms with E-state index in [0.29, 0.717) is 17.4 Å². The van der Waals surface area contributed by atoms with E-state index in [2.05, 4.69) is 34.2 Å². The van der Waals surface area contributed by atoms with Gasteiger partial charge in [0.05, 0.1) is 16.5 Å². The Kier molecular flexibility index (Phi) is 6.13. The van der Waals surface area contributed by atoms with Gasteiger partial charge in [0.25, 0.3) is 0 Å². The Hall–Kier alpha value is -3.19. The highest BCUT2D eigenvalue weighted by Crippen LogP contribution is 2.33. The number of carbonyl (C=O) groups excluding carboxylic acids is 1. The number of aromatic nitrogens is 4. The molecule has 34 heavy (non-hydrogen) atoms. The van der Waals surface area contributed by atoms with Gasteiger partial charge in [-0.15, -0.1) is 10.2 Å². The van der Waals surface area contributed by atoms with Crippen LogP contribution in [0.3, 0.4) is 0 Å². The summed E-state index contributed by atoms with van der Waals surface area (Å²) in [5, 5.41) is 10.7. The number of hydrogen-bond donors (Lipinski definition) is 0. The van der Waals surface area contributed by atoms with Crippen molar-refractivity contribution in [2.24, 2.45) is 5.92 Å². The van der Waals surface area contributed by atoms with E-state index in [1.807, 2.05) is 53.5 Å². The average Bonchev–Trinajstić information content (AvgIpc) is 3.30. The Bertz CT molecular complexity index is 1360. The van der Waals surface area contributed by atoms with Gasteiger partial charge >= 0.3 is 0 Å². The minimum absolute atomic E-state index is 0.0561. The van der Waals surface area contributed by atoms with Gasteiger partial charge in [0.1, 0.15) is 0 Å². The molecule has 1 atom stereocenters. The monoisotopic (exact) mass is 476 g/mol. The summed E-state index contributed by atoms with van der Waals surface area (Å²) in [6.07, 6.45) is 1.82. The number of anilines is 1. The van der Waals surface area contributed by atoms with Crippen molar-refractivity contribution in [2.45, 2.75) is 33.6 Å². The quantitative estimate of drug-likeness (QED) is 0.406. The van der Waals surface area contributed by atoms with Crippen molar-refractivity contribution in [1.29, 1.82) is 0 Å². The number of halogens is 1. The Morgan fingerprint density at radius 2 is 1.94 bits per heavy atom. The molecular weight excluding hydrogens is 448 g/mol. The summed E-state index contributed by atoms with van der Waals surface area (Å²) < 4.78 is 2.01. The van der Waals surface area contributed by atoms with Crippen LogP contribution < -0.4 is 4.90 Å². The number of aryl methyl sites for hydroxylation is 1. The van der Waals surface area contributed by atoms with E-state index in [9.17, 15) is 4.79 Å². The maximum absolute atomic E-state index is 13.2. The normalized spacial score (nSPS) is 16.4. The van der Waals surface area contributed by atoms with E-state index in [-0.39, 0.29) is 11.8 Å². The van der Waals surface area contributed by atoms with Crippen molar-refractivity contribution in [3.63, 3.8) is 0 Å². The molecule has 0 radical (unpaired) electrons. The first-order valence-electron chi connectivity index (χ1n) is 12.0. The number of amides is 1. The fraction of sp³-hybridized carbons (Fsp3) is 0.385. The van der Waals surface area contributed by atoms with E-state index in [4.69, 9.17) is 16.6 Å². The number of piperidine rings is 1. The lowest BCUT2D eigenvalue weighted by atomic mass is 9.96. The molecule has 1 saturated heterocycles. The summed E-state index contributed by atoms with van der Waals surface area (Å²) in [5.41, 5.74) is 3.55. The molecule has 1 aliphatic heterocycles. The molecule has 0 spiro atoms. The van der Waals surface area contributed by atoms with Gasteiger partial charge in [-0.25, -0.2) is 9.38 Å². The molecule has 0 N–H and O–H groups in total. The summed E-state index contributed by atoms with van der Waals surface area (Å²) in [6.45, 7) is 9.02. The van der Waals surface area contributed by atoms with Crippen molar-refractivity contribution in [3.8, 4) is 11.4 Å². The fourth-order valence-electron chi connectivity index (χ4n) is 4.92. The average molecular weight is 477 g/mol. The van der Waals surface area contributed by atoms with Crippen LogP contribution in [0.15, 0.2) is 42.5 Å². The second-order valence-corrected chi connectivity index (χ2v) is 9.30. The number of nitrogens with zero attached hydrogens (tertiary/aromatic N) is 6. The molecule has 3 heterocycles. The number of carbonyl (C=O) groups is 1. The van der Waals surface area contributed by atoms with Crippen LogP contribution in [0.2, 0.25) is 5.02 Å². The molecule has 1 aliphatic rings. The first-order valence-corrected chi connectivity index (χ1v) is 12.3. The molecule has 8 heteroatoms. The summed E-state index contributed by atoms with van der Waals surface area (Å²) >= 11 is 6.56. The molecule has 5 rings (SSSR count). The van der Waals surface area contributed by atoms with Crippen molar-refractivity contribution < 1.29 is 4.79 Å². The zero-order valence-corrected chi connectivity index (χ0v) is 20.6. The molecule has 0 saturated carbocycles. The van der Waals surface area contributed by atoms with Crippen LogP contribution in [0.4, 0.5) is 5.95 Å². The van der Waals surface area contributed by atoms with Crippen molar-refractivity contribution in [2.75, 3.05) is 31.1 Å². The highest BCUT2D eigenvalue weighted by molar-refractivity contribution is 6.33. The molecule has 0 aliphatic carbocycles. The number of fused-ring (bicyclic) bond motifs is 3. The second kappa shape index (κ2) is 9.22. The minimum Gasteiger partial charge on any atom is -0.343 e. The number of hydrogen-bond acceptors (Lipinski definition) is 5. The van der Waals surface area contributed by atoms with Gasteiger partial charge in [-0.2, -0.15) is 0 Å². The Labute approximate surface area is 204 Å². The van der Waals surface area contributed by atoms with Crippen LogP contribution in [-0.4, -0.2) is 56.6 Å². The van der Waals surface area contributed by atoms with Crippen LogP contribution in [-0.2, 0) is 4.79 Å². The minimum atomic E-state index is -0.0561. The van der Waals surface area contributed by atoms with Gasteiger partial charge in [0, 0.05) is 37.1 Å². The van der Waals surface area contributed by atoms with Crippen LogP contribution in [0.25, 0.3) is 27.9 Å². The Morgan fingerprint density at radius 3 is 2.71 bits per heavy atom. The molecule has 176 valence electrons. The van der Waals surface area contributed by atoms with Crippen LogP contribution in [0.1, 0.15) is 32.3 Å². The van der Waals surface area contributed by atoms with Crippen LogP contribution in [0.5, 0.6) is 0 Å². The van der Waals surface area contributed by atoms with Gasteiger partial charge in [0.15, 0.2) is 11.5 Å².